The van der Waals surface area contributed by atoms with Crippen LogP contribution in [0.15, 0.2) is 47.1 Å². The molecule has 0 spiro atoms. The maximum Gasteiger partial charge on any atom is 0.457 e. The molecule has 1 unspecified atom stereocenters. The van der Waals surface area contributed by atoms with Crippen molar-refractivity contribution in [1.29, 1.82) is 0 Å². The highest BCUT2D eigenvalue weighted by atomic mass is 19.4. The summed E-state index contributed by atoms with van der Waals surface area (Å²) in [6.07, 6.45) is -3.26. The predicted molar refractivity (Wildman–Crippen MR) is 149 cm³/mol. The van der Waals surface area contributed by atoms with Crippen LogP contribution in [0.1, 0.15) is 63.9 Å². The molecule has 2 fully saturated rings. The lowest BCUT2D eigenvalue weighted by Gasteiger charge is -2.55. The molecule has 0 aliphatic heterocycles. The van der Waals surface area contributed by atoms with E-state index in [1.165, 1.54) is 12.0 Å². The molecule has 5 rings (SSSR count). The van der Waals surface area contributed by atoms with Gasteiger partial charge < -0.3 is 9.64 Å². The zero-order valence-electron chi connectivity index (χ0n) is 24.2. The fourth-order valence-electron chi connectivity index (χ4n) is 8.17. The lowest BCUT2D eigenvalue weighted by Crippen LogP contribution is -2.52. The summed E-state index contributed by atoms with van der Waals surface area (Å²) in [6, 6.07) is 7.88. The van der Waals surface area contributed by atoms with Crippen LogP contribution in [-0.4, -0.2) is 50.6 Å². The summed E-state index contributed by atoms with van der Waals surface area (Å²) < 4.78 is 61.4. The van der Waals surface area contributed by atoms with Crippen molar-refractivity contribution in [3.05, 3.63) is 52.6 Å². The van der Waals surface area contributed by atoms with Crippen LogP contribution >= 0.6 is 0 Å². The van der Waals surface area contributed by atoms with Crippen molar-refractivity contribution in [1.82, 2.24) is 0 Å². The molecule has 1 aromatic rings. The zero-order chi connectivity index (χ0) is 30.6. The number of nitrogens with zero attached hydrogens (tertiary/aromatic N) is 1. The molecule has 9 heteroatoms. The number of esters is 1. The van der Waals surface area contributed by atoms with Gasteiger partial charge in [0.05, 0.1) is 5.41 Å². The maximum absolute atomic E-state index is 15.8. The standard InChI is InChI=1S/C33H35F4NO4/c1-19(39)42-18-29(41)32(13-14-33(35,36)37)12-11-27-25-16-28(34)24-15-22(40)9-10-23(24)30(25)26(17-31(27,32)2)20-5-7-21(8-6-20)38(3)4/h5-8,15,25-28H,9-12,16-18H2,1-4H3/t25-,26+,27-,28?,31-,32+/m0/s1. The largest absolute Gasteiger partial charge is 0.458 e. The van der Waals surface area contributed by atoms with Crippen molar-refractivity contribution >= 4 is 23.2 Å². The van der Waals surface area contributed by atoms with E-state index in [0.29, 0.717) is 24.8 Å². The van der Waals surface area contributed by atoms with Crippen LogP contribution < -0.4 is 4.90 Å². The van der Waals surface area contributed by atoms with Crippen LogP contribution in [0.25, 0.3) is 0 Å². The highest BCUT2D eigenvalue weighted by Crippen LogP contribution is 2.70. The van der Waals surface area contributed by atoms with E-state index in [0.717, 1.165) is 29.3 Å². The van der Waals surface area contributed by atoms with Gasteiger partial charge in [0, 0.05) is 45.0 Å². The van der Waals surface area contributed by atoms with Crippen LogP contribution in [0.2, 0.25) is 0 Å². The predicted octanol–water partition coefficient (Wildman–Crippen LogP) is 6.28. The van der Waals surface area contributed by atoms with Gasteiger partial charge in [0.15, 0.2) is 18.2 Å². The molecule has 0 radical (unpaired) electrons. The minimum absolute atomic E-state index is 0.0564. The topological polar surface area (TPSA) is 63.7 Å². The number of ether oxygens (including phenoxy) is 1. The van der Waals surface area contributed by atoms with Gasteiger partial charge in [-0.05, 0) is 84.3 Å². The molecule has 6 atom stereocenters. The molecule has 0 amide bonds. The van der Waals surface area contributed by atoms with Crippen LogP contribution in [0, 0.1) is 34.5 Å². The van der Waals surface area contributed by atoms with Crippen LogP contribution in [0.3, 0.4) is 0 Å². The number of Topliss-reactive ketones (excluding diaryl/α,β-unsaturated/α-hetero) is 1. The number of ketones is 2. The summed E-state index contributed by atoms with van der Waals surface area (Å²) >= 11 is 0. The fourth-order valence-corrected chi connectivity index (χ4v) is 8.17. The van der Waals surface area contributed by atoms with Gasteiger partial charge in [-0.15, -0.1) is 0 Å². The van der Waals surface area contributed by atoms with E-state index in [4.69, 9.17) is 4.74 Å². The van der Waals surface area contributed by atoms with E-state index in [1.807, 2.05) is 50.2 Å². The molecule has 5 nitrogen and oxygen atoms in total. The smallest absolute Gasteiger partial charge is 0.457 e. The molecule has 42 heavy (non-hydrogen) atoms. The van der Waals surface area contributed by atoms with E-state index in [-0.39, 0.29) is 42.8 Å². The van der Waals surface area contributed by atoms with E-state index >= 15 is 4.39 Å². The number of anilines is 1. The van der Waals surface area contributed by atoms with Gasteiger partial charge in [0.2, 0.25) is 0 Å². The molecule has 224 valence electrons. The number of hydrogen-bond donors (Lipinski definition) is 0. The Hall–Kier alpha value is -3.41. The molecule has 0 N–H and O–H groups in total. The van der Waals surface area contributed by atoms with Crippen molar-refractivity contribution in [3.8, 4) is 11.8 Å². The average Bonchev–Trinajstić information content (AvgIpc) is 3.23. The Labute approximate surface area is 243 Å². The number of carbonyl (C=O) groups excluding carboxylic acids is 3. The molecule has 0 saturated heterocycles. The Kier molecular flexibility index (Phi) is 7.66. The Morgan fingerprint density at radius 2 is 1.83 bits per heavy atom. The van der Waals surface area contributed by atoms with Gasteiger partial charge in [-0.25, -0.2) is 4.39 Å². The summed E-state index contributed by atoms with van der Waals surface area (Å²) in [7, 11) is 3.84. The van der Waals surface area contributed by atoms with Gasteiger partial charge >= 0.3 is 12.1 Å². The number of carbonyl (C=O) groups is 3. The van der Waals surface area contributed by atoms with Gasteiger partial charge in [-0.1, -0.05) is 30.6 Å². The van der Waals surface area contributed by atoms with Gasteiger partial charge in [-0.2, -0.15) is 13.2 Å². The Morgan fingerprint density at radius 3 is 2.45 bits per heavy atom. The number of fused-ring (bicyclic) bond motifs is 4. The average molecular weight is 586 g/mol. The van der Waals surface area contributed by atoms with Crippen molar-refractivity contribution in [2.45, 2.75) is 70.6 Å². The third-order valence-corrected chi connectivity index (χ3v) is 10.1. The first kappa shape index (κ1) is 30.1. The van der Waals surface area contributed by atoms with Crippen LogP contribution in [0.4, 0.5) is 23.2 Å². The second kappa shape index (κ2) is 10.7. The monoisotopic (exact) mass is 585 g/mol. The molecule has 4 aliphatic rings. The maximum atomic E-state index is 15.8. The minimum atomic E-state index is -4.82. The van der Waals surface area contributed by atoms with Crippen LogP contribution in [0.5, 0.6) is 0 Å². The first-order valence-corrected chi connectivity index (χ1v) is 14.3. The molecule has 0 bridgehead atoms. The summed E-state index contributed by atoms with van der Waals surface area (Å²) in [5.41, 5.74) is 1.38. The van der Waals surface area contributed by atoms with E-state index < -0.39 is 41.5 Å². The Balaban J connectivity index is 1.71. The molecular weight excluding hydrogens is 550 g/mol. The lowest BCUT2D eigenvalue weighted by atomic mass is 9.48. The van der Waals surface area contributed by atoms with Crippen LogP contribution in [-0.2, 0) is 19.1 Å². The second-order valence-electron chi connectivity index (χ2n) is 12.5. The first-order valence-electron chi connectivity index (χ1n) is 14.3. The molecule has 0 aromatic heterocycles. The fraction of sp³-hybridized carbons (Fsp3) is 0.545. The number of alkyl halides is 4. The molecular formula is C33H35F4NO4. The summed E-state index contributed by atoms with van der Waals surface area (Å²) in [5.74, 6) is 1.30. The summed E-state index contributed by atoms with van der Waals surface area (Å²) in [5, 5.41) is 0. The SMILES string of the molecule is CC(=O)OCC(=O)[C@]1(C#CC(F)(F)F)CC[C@H]2[C@@H]3CC(F)C4=CC(=O)CCC4=C3[C@@H](c3ccc(N(C)C)cc3)C[C@@]21C. The number of halogens is 4. The highest BCUT2D eigenvalue weighted by Gasteiger charge is 2.66. The summed E-state index contributed by atoms with van der Waals surface area (Å²) in [6.45, 7) is 2.27. The van der Waals surface area contributed by atoms with Gasteiger partial charge in [-0.3, -0.25) is 14.4 Å². The quantitative estimate of drug-likeness (QED) is 0.231. The minimum Gasteiger partial charge on any atom is -0.458 e. The van der Waals surface area contributed by atoms with E-state index in [1.54, 1.807) is 0 Å². The number of hydrogen-bond acceptors (Lipinski definition) is 5. The molecule has 0 heterocycles. The summed E-state index contributed by atoms with van der Waals surface area (Å²) in [4.78, 5) is 39.6. The van der Waals surface area contributed by atoms with Crippen molar-refractivity contribution < 1.29 is 36.7 Å². The van der Waals surface area contributed by atoms with E-state index in [9.17, 15) is 27.6 Å². The Bertz CT molecular complexity index is 1430. The van der Waals surface area contributed by atoms with E-state index in [2.05, 4.69) is 5.92 Å². The lowest BCUT2D eigenvalue weighted by molar-refractivity contribution is -0.150. The molecule has 2 saturated carbocycles. The highest BCUT2D eigenvalue weighted by molar-refractivity contribution is 5.94. The Morgan fingerprint density at radius 1 is 1.14 bits per heavy atom. The third-order valence-electron chi connectivity index (χ3n) is 10.1. The second-order valence-corrected chi connectivity index (χ2v) is 12.5. The third kappa shape index (κ3) is 5.07. The first-order chi connectivity index (χ1) is 19.7. The molecule has 4 aliphatic carbocycles. The van der Waals surface area contributed by atoms with Crippen molar-refractivity contribution in [3.63, 3.8) is 0 Å². The van der Waals surface area contributed by atoms with Gasteiger partial charge in [0.25, 0.3) is 0 Å². The van der Waals surface area contributed by atoms with Gasteiger partial charge in [0.1, 0.15) is 6.17 Å². The van der Waals surface area contributed by atoms with Crippen molar-refractivity contribution in [2.24, 2.45) is 22.7 Å². The normalized spacial score (nSPS) is 32.1. The number of benzene rings is 1. The zero-order valence-corrected chi connectivity index (χ0v) is 24.2. The molecule has 1 aromatic carbocycles. The number of rotatable bonds is 5. The number of allylic oxidation sites excluding steroid dienone is 4. The van der Waals surface area contributed by atoms with Crippen molar-refractivity contribution in [2.75, 3.05) is 25.6 Å².